The highest BCUT2D eigenvalue weighted by Crippen LogP contribution is 2.17. The lowest BCUT2D eigenvalue weighted by Gasteiger charge is -2.21. The van der Waals surface area contributed by atoms with Crippen molar-refractivity contribution in [2.75, 3.05) is 13.1 Å². The number of nitrogens with one attached hydrogen (secondary N) is 1. The summed E-state index contributed by atoms with van der Waals surface area (Å²) in [6.45, 7) is 6.29. The van der Waals surface area contributed by atoms with E-state index in [0.717, 1.165) is 38.0 Å². The van der Waals surface area contributed by atoms with E-state index >= 15 is 0 Å². The molecule has 1 saturated heterocycles. The first-order valence-electron chi connectivity index (χ1n) is 6.91. The molecule has 0 aromatic carbocycles. The van der Waals surface area contributed by atoms with E-state index in [9.17, 15) is 4.79 Å². The lowest BCUT2D eigenvalue weighted by Crippen LogP contribution is -2.29. The Hall–Kier alpha value is -1.16. The van der Waals surface area contributed by atoms with Crippen molar-refractivity contribution in [2.24, 2.45) is 5.92 Å². The van der Waals surface area contributed by atoms with Crippen LogP contribution in [0.5, 0.6) is 0 Å². The minimum absolute atomic E-state index is 0.330. The number of ketones is 1. The summed E-state index contributed by atoms with van der Waals surface area (Å²) >= 11 is 0. The molecule has 18 heavy (non-hydrogen) atoms. The fourth-order valence-corrected chi connectivity index (χ4v) is 2.44. The lowest BCUT2D eigenvalue weighted by molar-refractivity contribution is -0.119. The van der Waals surface area contributed by atoms with Gasteiger partial charge in [-0.05, 0) is 51.8 Å². The van der Waals surface area contributed by atoms with Gasteiger partial charge >= 0.3 is 0 Å². The second-order valence-electron chi connectivity index (χ2n) is 5.49. The zero-order valence-electron chi connectivity index (χ0n) is 11.4. The Morgan fingerprint density at radius 1 is 1.50 bits per heavy atom. The Labute approximate surface area is 109 Å². The molecule has 1 N–H and O–H groups in total. The number of nitrogens with zero attached hydrogens (tertiary/aromatic N) is 2. The standard InChI is InChI=1S/C14H23N3O/c1-11(2)17-8-5-13(16-17)10-14(18)9-12-3-6-15-7-4-12/h5,8,11-12,15H,3-4,6-7,9-10H2,1-2H3. The van der Waals surface area contributed by atoms with Crippen molar-refractivity contribution in [1.82, 2.24) is 15.1 Å². The number of hydrogen-bond donors (Lipinski definition) is 1. The fourth-order valence-electron chi connectivity index (χ4n) is 2.44. The summed E-state index contributed by atoms with van der Waals surface area (Å²) in [6, 6.07) is 2.32. The molecule has 4 heteroatoms. The summed E-state index contributed by atoms with van der Waals surface area (Å²) in [5.41, 5.74) is 0.905. The van der Waals surface area contributed by atoms with Gasteiger partial charge in [0.1, 0.15) is 5.78 Å². The fraction of sp³-hybridized carbons (Fsp3) is 0.714. The Morgan fingerprint density at radius 2 is 2.22 bits per heavy atom. The third-order valence-electron chi connectivity index (χ3n) is 3.55. The predicted octanol–water partition coefficient (Wildman–Crippen LogP) is 1.97. The molecule has 1 aliphatic rings. The van der Waals surface area contributed by atoms with E-state index in [-0.39, 0.29) is 0 Å². The van der Waals surface area contributed by atoms with Gasteiger partial charge in [0.25, 0.3) is 0 Å². The number of rotatable bonds is 5. The molecule has 1 aromatic rings. The van der Waals surface area contributed by atoms with Gasteiger partial charge in [0.2, 0.25) is 0 Å². The van der Waals surface area contributed by atoms with Gasteiger partial charge in [0, 0.05) is 18.7 Å². The van der Waals surface area contributed by atoms with Gasteiger partial charge in [-0.2, -0.15) is 5.10 Å². The Balaban J connectivity index is 1.82. The maximum Gasteiger partial charge on any atom is 0.139 e. The molecule has 0 radical (unpaired) electrons. The summed E-state index contributed by atoms with van der Waals surface area (Å²) in [5.74, 6) is 0.904. The van der Waals surface area contributed by atoms with Crippen molar-refractivity contribution in [1.29, 1.82) is 0 Å². The molecule has 0 aliphatic carbocycles. The lowest BCUT2D eigenvalue weighted by atomic mass is 9.91. The van der Waals surface area contributed by atoms with Crippen LogP contribution in [0.2, 0.25) is 0 Å². The largest absolute Gasteiger partial charge is 0.317 e. The molecule has 0 unspecified atom stereocenters. The zero-order chi connectivity index (χ0) is 13.0. The second kappa shape index (κ2) is 6.14. The van der Waals surface area contributed by atoms with E-state index in [0.29, 0.717) is 24.2 Å². The number of aromatic nitrogens is 2. The van der Waals surface area contributed by atoms with Crippen LogP contribution in [0.25, 0.3) is 0 Å². The maximum atomic E-state index is 12.0. The molecular weight excluding hydrogens is 226 g/mol. The number of Topliss-reactive ketones (excluding diaryl/α,β-unsaturated/α-hetero) is 1. The van der Waals surface area contributed by atoms with Gasteiger partial charge in [-0.3, -0.25) is 9.48 Å². The zero-order valence-corrected chi connectivity index (χ0v) is 11.4. The van der Waals surface area contributed by atoms with Gasteiger partial charge in [-0.15, -0.1) is 0 Å². The van der Waals surface area contributed by atoms with Crippen molar-refractivity contribution in [3.05, 3.63) is 18.0 Å². The third-order valence-corrected chi connectivity index (χ3v) is 3.55. The molecule has 0 spiro atoms. The molecule has 1 fully saturated rings. The van der Waals surface area contributed by atoms with Crippen LogP contribution in [0.3, 0.4) is 0 Å². The highest BCUT2D eigenvalue weighted by atomic mass is 16.1. The first kappa shape index (κ1) is 13.3. The molecular formula is C14H23N3O. The van der Waals surface area contributed by atoms with Crippen molar-refractivity contribution >= 4 is 5.78 Å². The van der Waals surface area contributed by atoms with Gasteiger partial charge in [0.05, 0.1) is 12.1 Å². The summed E-state index contributed by atoms with van der Waals surface area (Å²) in [7, 11) is 0. The summed E-state index contributed by atoms with van der Waals surface area (Å²) in [4.78, 5) is 12.0. The smallest absolute Gasteiger partial charge is 0.139 e. The number of carbonyl (C=O) groups is 1. The predicted molar refractivity (Wildman–Crippen MR) is 71.5 cm³/mol. The molecule has 1 aromatic heterocycles. The molecule has 0 saturated carbocycles. The van der Waals surface area contributed by atoms with Crippen LogP contribution in [0.1, 0.15) is 44.8 Å². The van der Waals surface area contributed by atoms with Crippen LogP contribution < -0.4 is 5.32 Å². The molecule has 2 rings (SSSR count). The van der Waals surface area contributed by atoms with Gasteiger partial charge in [-0.1, -0.05) is 0 Å². The van der Waals surface area contributed by atoms with Crippen LogP contribution in [-0.2, 0) is 11.2 Å². The summed E-state index contributed by atoms with van der Waals surface area (Å²) in [5, 5.41) is 7.75. The Kier molecular flexibility index (Phi) is 4.53. The average Bonchev–Trinajstić information content (AvgIpc) is 2.78. The third kappa shape index (κ3) is 3.67. The Morgan fingerprint density at radius 3 is 2.83 bits per heavy atom. The van der Waals surface area contributed by atoms with Gasteiger partial charge in [-0.25, -0.2) is 0 Å². The van der Waals surface area contributed by atoms with Gasteiger partial charge in [0.15, 0.2) is 0 Å². The normalized spacial score (nSPS) is 17.3. The number of hydrogen-bond acceptors (Lipinski definition) is 3. The van der Waals surface area contributed by atoms with Crippen molar-refractivity contribution in [3.8, 4) is 0 Å². The molecule has 4 nitrogen and oxygen atoms in total. The first-order valence-corrected chi connectivity index (χ1v) is 6.91. The minimum Gasteiger partial charge on any atom is -0.317 e. The van der Waals surface area contributed by atoms with Crippen molar-refractivity contribution < 1.29 is 4.79 Å². The SMILES string of the molecule is CC(C)n1ccc(CC(=O)CC2CCNCC2)n1. The molecule has 0 bridgehead atoms. The van der Waals surface area contributed by atoms with E-state index in [1.165, 1.54) is 0 Å². The topological polar surface area (TPSA) is 46.9 Å². The van der Waals surface area contributed by atoms with E-state index in [1.54, 1.807) is 0 Å². The molecule has 1 aliphatic heterocycles. The minimum atomic E-state index is 0.330. The van der Waals surface area contributed by atoms with E-state index in [1.807, 2.05) is 16.9 Å². The van der Waals surface area contributed by atoms with Crippen LogP contribution in [0, 0.1) is 5.92 Å². The highest BCUT2D eigenvalue weighted by molar-refractivity contribution is 5.80. The first-order chi connectivity index (χ1) is 8.65. The molecule has 0 amide bonds. The number of carbonyl (C=O) groups excluding carboxylic acids is 1. The molecule has 2 heterocycles. The monoisotopic (exact) mass is 249 g/mol. The average molecular weight is 249 g/mol. The van der Waals surface area contributed by atoms with E-state index in [2.05, 4.69) is 24.3 Å². The van der Waals surface area contributed by atoms with Crippen molar-refractivity contribution in [2.45, 2.75) is 45.6 Å². The van der Waals surface area contributed by atoms with Crippen LogP contribution >= 0.6 is 0 Å². The van der Waals surface area contributed by atoms with E-state index in [4.69, 9.17) is 0 Å². The Bertz CT molecular complexity index is 391. The molecule has 100 valence electrons. The van der Waals surface area contributed by atoms with Crippen LogP contribution in [0.15, 0.2) is 12.3 Å². The van der Waals surface area contributed by atoms with Crippen molar-refractivity contribution in [3.63, 3.8) is 0 Å². The van der Waals surface area contributed by atoms with Crippen LogP contribution in [-0.4, -0.2) is 28.7 Å². The maximum absolute atomic E-state index is 12.0. The molecule has 0 atom stereocenters. The van der Waals surface area contributed by atoms with Crippen LogP contribution in [0.4, 0.5) is 0 Å². The second-order valence-corrected chi connectivity index (χ2v) is 5.49. The van der Waals surface area contributed by atoms with Gasteiger partial charge < -0.3 is 5.32 Å². The summed E-state index contributed by atoms with van der Waals surface area (Å²) in [6.07, 6.45) is 5.43. The number of piperidine rings is 1. The van der Waals surface area contributed by atoms with E-state index < -0.39 is 0 Å². The highest BCUT2D eigenvalue weighted by Gasteiger charge is 2.17. The summed E-state index contributed by atoms with van der Waals surface area (Å²) < 4.78 is 1.91. The quantitative estimate of drug-likeness (QED) is 0.868.